The maximum absolute atomic E-state index is 14.9. The van der Waals surface area contributed by atoms with Crippen LogP contribution in [0.15, 0.2) is 46.9 Å². The van der Waals surface area contributed by atoms with Crippen molar-refractivity contribution in [2.45, 2.75) is 19.1 Å². The first-order chi connectivity index (χ1) is 16.5. The molecule has 0 unspecified atom stereocenters. The molecule has 180 valence electrons. The number of benzene rings is 2. The average molecular weight is 493 g/mol. The second kappa shape index (κ2) is 7.96. The van der Waals surface area contributed by atoms with Crippen LogP contribution >= 0.6 is 0 Å². The molecule has 2 aromatic carbocycles. The summed E-state index contributed by atoms with van der Waals surface area (Å²) in [4.78, 5) is 14.5. The van der Waals surface area contributed by atoms with Crippen molar-refractivity contribution in [3.63, 3.8) is 0 Å². The molecule has 0 radical (unpaired) electrons. The Kier molecular flexibility index (Phi) is 5.15. The molecule has 0 fully saturated rings. The molecule has 0 spiro atoms. The molecule has 4 aromatic rings. The minimum absolute atomic E-state index is 0.000989. The van der Waals surface area contributed by atoms with Crippen molar-refractivity contribution in [2.75, 3.05) is 4.90 Å². The van der Waals surface area contributed by atoms with E-state index in [0.29, 0.717) is 11.6 Å². The molecule has 35 heavy (non-hydrogen) atoms. The van der Waals surface area contributed by atoms with E-state index in [1.807, 2.05) is 0 Å². The standard InChI is InChI=1S/C22H13F6N5O2/c1-32-15(8-16(31-32)22(26,27)28)17-13(23)3-2-4-14(17)33-9-11-6-5-10(7-12(11)21(33)34)19-29-30-20(35-19)18(24)25/h2-8,18H,9H2,1H3. The number of rotatable bonds is 4. The number of aromatic nitrogens is 4. The SMILES string of the molecule is Cn1nc(C(F)(F)F)cc1-c1c(F)cccc1N1Cc2ccc(-c3nnc(C(F)F)o3)cc2C1=O. The Hall–Kier alpha value is -4.16. The lowest BCUT2D eigenvalue weighted by molar-refractivity contribution is -0.141. The smallest absolute Gasteiger partial charge is 0.415 e. The molecule has 1 amide bonds. The summed E-state index contributed by atoms with van der Waals surface area (Å²) in [5.74, 6) is -2.49. The van der Waals surface area contributed by atoms with Crippen molar-refractivity contribution >= 4 is 11.6 Å². The van der Waals surface area contributed by atoms with Gasteiger partial charge in [0.25, 0.3) is 11.8 Å². The molecule has 0 atom stereocenters. The van der Waals surface area contributed by atoms with E-state index in [4.69, 9.17) is 4.42 Å². The van der Waals surface area contributed by atoms with Gasteiger partial charge in [0.05, 0.1) is 23.5 Å². The summed E-state index contributed by atoms with van der Waals surface area (Å²) in [6.45, 7) is 0.000989. The Morgan fingerprint density at radius 1 is 1.09 bits per heavy atom. The summed E-state index contributed by atoms with van der Waals surface area (Å²) < 4.78 is 85.8. The maximum Gasteiger partial charge on any atom is 0.435 e. The van der Waals surface area contributed by atoms with E-state index < -0.39 is 35.9 Å². The van der Waals surface area contributed by atoms with Gasteiger partial charge in [-0.3, -0.25) is 9.48 Å². The summed E-state index contributed by atoms with van der Waals surface area (Å²) >= 11 is 0. The van der Waals surface area contributed by atoms with E-state index in [1.54, 1.807) is 6.07 Å². The highest BCUT2D eigenvalue weighted by molar-refractivity contribution is 6.12. The molecule has 2 aromatic heterocycles. The number of halogens is 6. The summed E-state index contributed by atoms with van der Waals surface area (Å²) in [7, 11) is 1.24. The van der Waals surface area contributed by atoms with E-state index in [2.05, 4.69) is 15.3 Å². The van der Waals surface area contributed by atoms with Crippen molar-refractivity contribution in [1.82, 2.24) is 20.0 Å². The lowest BCUT2D eigenvalue weighted by atomic mass is 10.1. The van der Waals surface area contributed by atoms with Gasteiger partial charge >= 0.3 is 12.6 Å². The third kappa shape index (κ3) is 3.82. The monoisotopic (exact) mass is 493 g/mol. The number of fused-ring (bicyclic) bond motifs is 1. The number of hydrogen-bond acceptors (Lipinski definition) is 5. The number of amides is 1. The Morgan fingerprint density at radius 3 is 2.51 bits per heavy atom. The second-order valence-electron chi connectivity index (χ2n) is 7.68. The van der Waals surface area contributed by atoms with Crippen LogP contribution in [0.2, 0.25) is 0 Å². The van der Waals surface area contributed by atoms with Gasteiger partial charge in [0.1, 0.15) is 5.82 Å². The van der Waals surface area contributed by atoms with Gasteiger partial charge in [0.2, 0.25) is 5.89 Å². The second-order valence-corrected chi connectivity index (χ2v) is 7.68. The molecular formula is C22H13F6N5O2. The molecule has 13 heteroatoms. The lowest BCUT2D eigenvalue weighted by Gasteiger charge is -2.20. The Labute approximate surface area is 192 Å². The van der Waals surface area contributed by atoms with Gasteiger partial charge in [-0.2, -0.15) is 27.1 Å². The number of carbonyl (C=O) groups is 1. The number of carbonyl (C=O) groups excluding carboxylic acids is 1. The third-order valence-corrected chi connectivity index (χ3v) is 5.50. The zero-order chi connectivity index (χ0) is 25.1. The molecule has 0 saturated heterocycles. The van der Waals surface area contributed by atoms with Crippen LogP contribution in [0, 0.1) is 5.82 Å². The zero-order valence-corrected chi connectivity index (χ0v) is 17.6. The maximum atomic E-state index is 14.9. The summed E-state index contributed by atoms with van der Waals surface area (Å²) in [5, 5.41) is 10.2. The molecule has 0 aliphatic carbocycles. The van der Waals surface area contributed by atoms with Crippen LogP contribution in [0.25, 0.3) is 22.7 Å². The van der Waals surface area contributed by atoms with Gasteiger partial charge in [-0.05, 0) is 35.9 Å². The van der Waals surface area contributed by atoms with Crippen molar-refractivity contribution < 1.29 is 35.6 Å². The predicted octanol–water partition coefficient (Wildman–Crippen LogP) is 5.39. The third-order valence-electron chi connectivity index (χ3n) is 5.50. The molecular weight excluding hydrogens is 480 g/mol. The Bertz CT molecular complexity index is 1460. The predicted molar refractivity (Wildman–Crippen MR) is 109 cm³/mol. The van der Waals surface area contributed by atoms with Crippen LogP contribution in [-0.2, 0) is 19.8 Å². The number of nitrogens with zero attached hydrogens (tertiary/aromatic N) is 5. The van der Waals surface area contributed by atoms with E-state index in [1.165, 1.54) is 36.2 Å². The Morgan fingerprint density at radius 2 is 1.86 bits per heavy atom. The van der Waals surface area contributed by atoms with E-state index in [9.17, 15) is 31.1 Å². The van der Waals surface area contributed by atoms with Gasteiger partial charge in [-0.25, -0.2) is 4.39 Å². The zero-order valence-electron chi connectivity index (χ0n) is 17.6. The minimum Gasteiger partial charge on any atom is -0.415 e. The van der Waals surface area contributed by atoms with E-state index >= 15 is 0 Å². The van der Waals surface area contributed by atoms with Crippen LogP contribution in [0.3, 0.4) is 0 Å². The average Bonchev–Trinajstić information content (AvgIpc) is 3.51. The van der Waals surface area contributed by atoms with Crippen molar-refractivity contribution in [3.8, 4) is 22.7 Å². The van der Waals surface area contributed by atoms with Gasteiger partial charge < -0.3 is 9.32 Å². The van der Waals surface area contributed by atoms with Crippen LogP contribution < -0.4 is 4.90 Å². The molecule has 3 heterocycles. The number of anilines is 1. The van der Waals surface area contributed by atoms with Gasteiger partial charge in [0.15, 0.2) is 5.69 Å². The van der Waals surface area contributed by atoms with Crippen LogP contribution in [-0.4, -0.2) is 25.9 Å². The number of hydrogen-bond donors (Lipinski definition) is 0. The summed E-state index contributed by atoms with van der Waals surface area (Å²) in [6.07, 6.45) is -7.70. The largest absolute Gasteiger partial charge is 0.435 e. The summed E-state index contributed by atoms with van der Waals surface area (Å²) in [5.41, 5.74) is -0.619. The van der Waals surface area contributed by atoms with E-state index in [0.717, 1.165) is 10.7 Å². The van der Waals surface area contributed by atoms with Gasteiger partial charge in [-0.15, -0.1) is 10.2 Å². The topological polar surface area (TPSA) is 77.1 Å². The minimum atomic E-state index is -4.74. The van der Waals surface area contributed by atoms with Crippen molar-refractivity contribution in [2.24, 2.45) is 7.05 Å². The van der Waals surface area contributed by atoms with Crippen LogP contribution in [0.4, 0.5) is 32.0 Å². The van der Waals surface area contributed by atoms with Gasteiger partial charge in [0, 0.05) is 18.2 Å². The first-order valence-corrected chi connectivity index (χ1v) is 10.0. The molecule has 7 nitrogen and oxygen atoms in total. The van der Waals surface area contributed by atoms with Crippen molar-refractivity contribution in [3.05, 3.63) is 71.0 Å². The fourth-order valence-corrected chi connectivity index (χ4v) is 3.90. The molecule has 1 aliphatic rings. The quantitative estimate of drug-likeness (QED) is 0.356. The van der Waals surface area contributed by atoms with Gasteiger partial charge in [-0.1, -0.05) is 12.1 Å². The normalized spacial score (nSPS) is 13.7. The highest BCUT2D eigenvalue weighted by Crippen LogP contribution is 2.40. The molecule has 1 aliphatic heterocycles. The van der Waals surface area contributed by atoms with E-state index in [-0.39, 0.29) is 40.5 Å². The first-order valence-electron chi connectivity index (χ1n) is 10.0. The fourth-order valence-electron chi connectivity index (χ4n) is 3.90. The molecule has 0 N–H and O–H groups in total. The highest BCUT2D eigenvalue weighted by atomic mass is 19.4. The molecule has 5 rings (SSSR count). The highest BCUT2D eigenvalue weighted by Gasteiger charge is 2.37. The first kappa shape index (κ1) is 22.6. The summed E-state index contributed by atoms with van der Waals surface area (Å²) in [6, 6.07) is 8.97. The molecule has 0 saturated carbocycles. The lowest BCUT2D eigenvalue weighted by Crippen LogP contribution is -2.24. The number of aryl methyl sites for hydroxylation is 1. The van der Waals surface area contributed by atoms with Crippen molar-refractivity contribution in [1.29, 1.82) is 0 Å². The van der Waals surface area contributed by atoms with Crippen LogP contribution in [0.1, 0.15) is 33.9 Å². The number of alkyl halides is 5. The fraction of sp³-hybridized carbons (Fsp3) is 0.182. The Balaban J connectivity index is 1.55. The molecule has 0 bridgehead atoms. The van der Waals surface area contributed by atoms with Crippen LogP contribution in [0.5, 0.6) is 0 Å².